The first-order valence-electron chi connectivity index (χ1n) is 9.61. The summed E-state index contributed by atoms with van der Waals surface area (Å²) in [7, 11) is 0. The maximum atomic E-state index is 14.7. The lowest BCUT2D eigenvalue weighted by Gasteiger charge is -2.33. The van der Waals surface area contributed by atoms with Gasteiger partial charge in [0, 0.05) is 25.3 Å². The van der Waals surface area contributed by atoms with Crippen LogP contribution in [-0.4, -0.2) is 39.2 Å². The van der Waals surface area contributed by atoms with E-state index in [1.165, 1.54) is 6.07 Å². The van der Waals surface area contributed by atoms with Crippen molar-refractivity contribution in [3.8, 4) is 0 Å². The Kier molecular flexibility index (Phi) is 6.15. The number of nitrogens with zero attached hydrogens (tertiary/aromatic N) is 4. The molecule has 0 spiro atoms. The summed E-state index contributed by atoms with van der Waals surface area (Å²) in [6.45, 7) is 6.45. The molecule has 1 aliphatic heterocycles. The standard InChI is InChI=1S/C19H27FN6O/c1-13(2)7-12-26-19(22-23-24-26)17(15-5-3-4-6-16(15)20)25-10-8-14(9-11-25)18(21)27/h3-6,13-14,17H,7-12H2,1-2H3,(H2,21,27)/p+1/t17-/m0/s1. The van der Waals surface area contributed by atoms with Crippen LogP contribution in [-0.2, 0) is 11.3 Å². The largest absolute Gasteiger partial charge is 0.369 e. The molecule has 146 valence electrons. The van der Waals surface area contributed by atoms with Gasteiger partial charge in [0.15, 0.2) is 6.04 Å². The number of aryl methyl sites for hydroxylation is 1. The summed E-state index contributed by atoms with van der Waals surface area (Å²) in [6, 6.07) is 6.49. The van der Waals surface area contributed by atoms with E-state index in [0.717, 1.165) is 24.4 Å². The first-order chi connectivity index (χ1) is 13.0. The van der Waals surface area contributed by atoms with Crippen molar-refractivity contribution in [1.29, 1.82) is 0 Å². The van der Waals surface area contributed by atoms with Gasteiger partial charge in [-0.05, 0) is 34.9 Å². The molecule has 27 heavy (non-hydrogen) atoms. The van der Waals surface area contributed by atoms with Crippen molar-refractivity contribution in [2.75, 3.05) is 13.1 Å². The van der Waals surface area contributed by atoms with Crippen LogP contribution in [0.15, 0.2) is 24.3 Å². The van der Waals surface area contributed by atoms with Crippen molar-refractivity contribution in [1.82, 2.24) is 20.2 Å². The molecule has 0 saturated carbocycles. The molecule has 2 aromatic rings. The topological polar surface area (TPSA) is 91.1 Å². The van der Waals surface area contributed by atoms with Gasteiger partial charge >= 0.3 is 0 Å². The number of hydrogen-bond acceptors (Lipinski definition) is 4. The second-order valence-electron chi connectivity index (χ2n) is 7.73. The predicted molar refractivity (Wildman–Crippen MR) is 98.1 cm³/mol. The summed E-state index contributed by atoms with van der Waals surface area (Å²) in [5, 5.41) is 12.3. The lowest BCUT2D eigenvalue weighted by molar-refractivity contribution is -0.932. The monoisotopic (exact) mass is 375 g/mol. The second kappa shape index (κ2) is 8.56. The molecule has 1 aromatic carbocycles. The minimum absolute atomic E-state index is 0.105. The number of nitrogens with one attached hydrogen (secondary N) is 1. The van der Waals surface area contributed by atoms with E-state index in [1.807, 2.05) is 6.07 Å². The minimum Gasteiger partial charge on any atom is -0.369 e. The Morgan fingerprint density at radius 3 is 2.67 bits per heavy atom. The molecule has 1 atom stereocenters. The number of carbonyl (C=O) groups excluding carboxylic acids is 1. The van der Waals surface area contributed by atoms with Gasteiger partial charge in [-0.25, -0.2) is 9.07 Å². The Balaban J connectivity index is 1.92. The Morgan fingerprint density at radius 1 is 1.33 bits per heavy atom. The average Bonchev–Trinajstić information content (AvgIpc) is 3.10. The Morgan fingerprint density at radius 2 is 2.04 bits per heavy atom. The highest BCUT2D eigenvalue weighted by Crippen LogP contribution is 2.22. The van der Waals surface area contributed by atoms with E-state index in [9.17, 15) is 9.18 Å². The highest BCUT2D eigenvalue weighted by Gasteiger charge is 2.37. The molecule has 0 aliphatic carbocycles. The number of tetrazole rings is 1. The van der Waals surface area contributed by atoms with Gasteiger partial charge in [0.25, 0.3) is 0 Å². The molecule has 1 fully saturated rings. The first kappa shape index (κ1) is 19.4. The zero-order valence-electron chi connectivity index (χ0n) is 15.9. The number of halogens is 1. The van der Waals surface area contributed by atoms with Crippen LogP contribution < -0.4 is 10.6 Å². The van der Waals surface area contributed by atoms with E-state index in [0.29, 0.717) is 36.7 Å². The first-order valence-corrected chi connectivity index (χ1v) is 9.61. The zero-order chi connectivity index (χ0) is 19.4. The quantitative estimate of drug-likeness (QED) is 0.746. The van der Waals surface area contributed by atoms with Crippen LogP contribution in [0, 0.1) is 17.7 Å². The van der Waals surface area contributed by atoms with E-state index in [2.05, 4.69) is 29.4 Å². The Labute approximate surface area is 158 Å². The normalized spacial score (nSPS) is 21.3. The lowest BCUT2D eigenvalue weighted by atomic mass is 9.93. The second-order valence-corrected chi connectivity index (χ2v) is 7.73. The summed E-state index contributed by atoms with van der Waals surface area (Å²) in [6.07, 6.45) is 2.34. The molecule has 2 heterocycles. The highest BCUT2D eigenvalue weighted by atomic mass is 19.1. The van der Waals surface area contributed by atoms with E-state index < -0.39 is 0 Å². The van der Waals surface area contributed by atoms with Crippen LogP contribution in [0.25, 0.3) is 0 Å². The number of nitrogens with two attached hydrogens (primary N) is 1. The maximum Gasteiger partial charge on any atom is 0.220 e. The molecule has 1 saturated heterocycles. The van der Waals surface area contributed by atoms with Crippen LogP contribution >= 0.6 is 0 Å². The molecule has 1 aliphatic rings. The summed E-state index contributed by atoms with van der Waals surface area (Å²) in [4.78, 5) is 12.7. The van der Waals surface area contributed by atoms with Crippen LogP contribution in [0.2, 0.25) is 0 Å². The summed E-state index contributed by atoms with van der Waals surface area (Å²) in [5.41, 5.74) is 6.05. The van der Waals surface area contributed by atoms with Gasteiger partial charge in [-0.1, -0.05) is 26.0 Å². The van der Waals surface area contributed by atoms with Gasteiger partial charge in [-0.15, -0.1) is 5.10 Å². The number of amides is 1. The summed E-state index contributed by atoms with van der Waals surface area (Å²) in [5.74, 6) is 0.580. The average molecular weight is 375 g/mol. The number of benzene rings is 1. The minimum atomic E-state index is -0.304. The van der Waals surface area contributed by atoms with Gasteiger partial charge in [0.2, 0.25) is 11.7 Å². The van der Waals surface area contributed by atoms with Gasteiger partial charge in [-0.3, -0.25) is 4.79 Å². The summed E-state index contributed by atoms with van der Waals surface area (Å²) >= 11 is 0. The van der Waals surface area contributed by atoms with Crippen LogP contribution in [0.3, 0.4) is 0 Å². The number of hydrogen-bond donors (Lipinski definition) is 2. The number of piperidine rings is 1. The Hall–Kier alpha value is -2.35. The molecule has 1 amide bonds. The number of likely N-dealkylation sites (tertiary alicyclic amines) is 1. The van der Waals surface area contributed by atoms with Gasteiger partial charge in [0.05, 0.1) is 18.7 Å². The fourth-order valence-corrected chi connectivity index (χ4v) is 3.77. The number of primary amides is 1. The van der Waals surface area contributed by atoms with E-state index in [4.69, 9.17) is 5.73 Å². The number of rotatable bonds is 7. The van der Waals surface area contributed by atoms with Crippen molar-refractivity contribution in [3.05, 3.63) is 41.5 Å². The molecule has 7 nitrogen and oxygen atoms in total. The number of aromatic nitrogens is 4. The van der Waals surface area contributed by atoms with E-state index in [-0.39, 0.29) is 23.7 Å². The molecule has 1 aromatic heterocycles. The molecule has 3 N–H and O–H groups in total. The van der Waals surface area contributed by atoms with Gasteiger partial charge in [-0.2, -0.15) is 0 Å². The van der Waals surface area contributed by atoms with Crippen molar-refractivity contribution >= 4 is 5.91 Å². The molecule has 8 heteroatoms. The van der Waals surface area contributed by atoms with Crippen LogP contribution in [0.5, 0.6) is 0 Å². The SMILES string of the molecule is CC(C)CCn1nnnc1[C@H](c1ccccc1F)[NH+]1CCC(C(N)=O)CC1. The fourth-order valence-electron chi connectivity index (χ4n) is 3.77. The van der Waals surface area contributed by atoms with Gasteiger partial charge in [0.1, 0.15) is 5.82 Å². The van der Waals surface area contributed by atoms with Gasteiger partial charge < -0.3 is 10.6 Å². The molecule has 0 unspecified atom stereocenters. The molecular weight excluding hydrogens is 347 g/mol. The zero-order valence-corrected chi connectivity index (χ0v) is 15.9. The fraction of sp³-hybridized carbons (Fsp3) is 0.579. The van der Waals surface area contributed by atoms with E-state index in [1.54, 1.807) is 16.8 Å². The number of quaternary nitrogens is 1. The smallest absolute Gasteiger partial charge is 0.220 e. The van der Waals surface area contributed by atoms with Crippen LogP contribution in [0.4, 0.5) is 4.39 Å². The predicted octanol–water partition coefficient (Wildman–Crippen LogP) is 0.728. The van der Waals surface area contributed by atoms with E-state index >= 15 is 0 Å². The third-order valence-electron chi connectivity index (χ3n) is 5.39. The molecule has 0 radical (unpaired) electrons. The third kappa shape index (κ3) is 4.50. The van der Waals surface area contributed by atoms with Crippen molar-refractivity contribution in [2.45, 2.75) is 45.7 Å². The van der Waals surface area contributed by atoms with Crippen LogP contribution in [0.1, 0.15) is 50.5 Å². The molecule has 3 rings (SSSR count). The molecule has 0 bridgehead atoms. The Bertz CT molecular complexity index is 769. The molecular formula is C19H28FN6O+. The lowest BCUT2D eigenvalue weighted by Crippen LogP contribution is -3.13. The third-order valence-corrected chi connectivity index (χ3v) is 5.39. The highest BCUT2D eigenvalue weighted by molar-refractivity contribution is 5.76. The van der Waals surface area contributed by atoms with Crippen molar-refractivity contribution < 1.29 is 14.1 Å². The summed E-state index contributed by atoms with van der Waals surface area (Å²) < 4.78 is 16.5. The van der Waals surface area contributed by atoms with Crippen molar-refractivity contribution in [3.63, 3.8) is 0 Å². The number of carbonyl (C=O) groups is 1. The van der Waals surface area contributed by atoms with Crippen molar-refractivity contribution in [2.24, 2.45) is 17.6 Å². The maximum absolute atomic E-state index is 14.7.